The fraction of sp³-hybridized carbons (Fsp3) is 0.167. The van der Waals surface area contributed by atoms with E-state index in [0.717, 1.165) is 21.5 Å². The topological polar surface area (TPSA) is 160 Å². The van der Waals surface area contributed by atoms with Crippen LogP contribution in [0.3, 0.4) is 0 Å². The van der Waals surface area contributed by atoms with Gasteiger partial charge in [-0.1, -0.05) is 0 Å². The van der Waals surface area contributed by atoms with Crippen LogP contribution < -0.4 is 22.0 Å². The van der Waals surface area contributed by atoms with E-state index in [0.29, 0.717) is 0 Å². The number of aromatic amines is 2. The molecule has 0 spiro atoms. The molecule has 2 aromatic rings. The molecule has 0 aliphatic carbocycles. The second-order valence-corrected chi connectivity index (χ2v) is 5.57. The van der Waals surface area contributed by atoms with Crippen molar-refractivity contribution >= 4 is 36.3 Å². The highest BCUT2D eigenvalue weighted by molar-refractivity contribution is 7.71. The Morgan fingerprint density at radius 2 is 1.23 bits per heavy atom. The van der Waals surface area contributed by atoms with Gasteiger partial charge >= 0.3 is 0 Å². The number of H-pyrrole nitrogens is 2. The molecule has 0 unspecified atom stereocenters. The summed E-state index contributed by atoms with van der Waals surface area (Å²) in [7, 11) is 0. The maximum Gasteiger partial charge on any atom is 0.295 e. The highest BCUT2D eigenvalue weighted by Crippen LogP contribution is 1.86. The largest absolute Gasteiger partial charge is 0.295 e. The van der Waals surface area contributed by atoms with E-state index >= 15 is 0 Å². The molecule has 12 nitrogen and oxygen atoms in total. The van der Waals surface area contributed by atoms with Crippen LogP contribution in [-0.2, 0) is 9.59 Å². The summed E-state index contributed by atoms with van der Waals surface area (Å²) < 4.78 is 1.29. The summed E-state index contributed by atoms with van der Waals surface area (Å²) >= 11 is 9.70. The van der Waals surface area contributed by atoms with Gasteiger partial charge in [-0.2, -0.15) is 19.5 Å². The first-order valence-corrected chi connectivity index (χ1v) is 7.69. The van der Waals surface area contributed by atoms with Crippen LogP contribution in [-0.4, -0.2) is 41.6 Å². The third kappa shape index (κ3) is 4.22. The molecule has 26 heavy (non-hydrogen) atoms. The normalized spacial score (nSPS) is 10.7. The quantitative estimate of drug-likeness (QED) is 0.375. The van der Waals surface area contributed by atoms with Gasteiger partial charge in [-0.05, 0) is 38.3 Å². The van der Waals surface area contributed by atoms with Gasteiger partial charge < -0.3 is 0 Å². The highest BCUT2D eigenvalue weighted by Gasteiger charge is 2.08. The molecule has 2 rings (SSSR count). The Hall–Kier alpha value is -3.26. The van der Waals surface area contributed by atoms with Gasteiger partial charge in [0.2, 0.25) is 9.54 Å². The number of aryl methyl sites for hydroxylation is 2. The third-order valence-electron chi connectivity index (χ3n) is 2.90. The van der Waals surface area contributed by atoms with Crippen molar-refractivity contribution in [3.63, 3.8) is 0 Å². The molecule has 0 saturated heterocycles. The van der Waals surface area contributed by atoms with Gasteiger partial charge in [-0.15, -0.1) is 0 Å². The molecular weight excluding hydrogens is 384 g/mol. The number of aromatic nitrogens is 6. The van der Waals surface area contributed by atoms with E-state index < -0.39 is 22.9 Å². The first-order chi connectivity index (χ1) is 12.2. The molecule has 2 aromatic heterocycles. The Kier molecular flexibility index (Phi) is 5.68. The van der Waals surface area contributed by atoms with Crippen LogP contribution in [0.4, 0.5) is 0 Å². The molecule has 0 bridgehead atoms. The summed E-state index contributed by atoms with van der Waals surface area (Å²) in [5.74, 6) is -1.62. The number of nitrogens with one attached hydrogen (secondary N) is 4. The molecule has 0 saturated carbocycles. The van der Waals surface area contributed by atoms with Crippen LogP contribution in [0.25, 0.3) is 0 Å². The summed E-state index contributed by atoms with van der Waals surface area (Å²) in [4.78, 5) is 47.4. The van der Waals surface area contributed by atoms with Crippen molar-refractivity contribution in [3.05, 3.63) is 53.8 Å². The monoisotopic (exact) mass is 396 g/mol. The lowest BCUT2D eigenvalue weighted by molar-refractivity contribution is -0.115. The van der Waals surface area contributed by atoms with E-state index in [-0.39, 0.29) is 20.9 Å². The summed E-state index contributed by atoms with van der Waals surface area (Å²) in [5.41, 5.74) is 3.31. The van der Waals surface area contributed by atoms with Crippen LogP contribution in [0.5, 0.6) is 0 Å². The standard InChI is InChI=1S/C12H12N8O4S2/c1-5-9(23)19(11(25)15-13-5)17-7(21)3-4-8(22)18-20-10(24)6(2)14-16-12(20)26/h3-4H,1-2H3,(H,15,25)(H,16,26)(H,17,21)(H,18,22)/b4-3+. The van der Waals surface area contributed by atoms with Crippen molar-refractivity contribution in [1.29, 1.82) is 0 Å². The summed E-state index contributed by atoms with van der Waals surface area (Å²) in [6, 6.07) is 0. The summed E-state index contributed by atoms with van der Waals surface area (Å²) in [5, 5.41) is 12.0. The zero-order valence-corrected chi connectivity index (χ0v) is 15.0. The van der Waals surface area contributed by atoms with Gasteiger partial charge in [0.15, 0.2) is 0 Å². The lowest BCUT2D eigenvalue weighted by Crippen LogP contribution is -2.36. The maximum atomic E-state index is 11.8. The lowest BCUT2D eigenvalue weighted by Gasteiger charge is -2.07. The van der Waals surface area contributed by atoms with E-state index in [4.69, 9.17) is 24.4 Å². The van der Waals surface area contributed by atoms with Crippen molar-refractivity contribution < 1.29 is 9.59 Å². The van der Waals surface area contributed by atoms with Crippen molar-refractivity contribution in [2.75, 3.05) is 10.9 Å². The van der Waals surface area contributed by atoms with Crippen LogP contribution >= 0.6 is 24.4 Å². The number of carbonyl (C=O) groups excluding carboxylic acids is 2. The second-order valence-electron chi connectivity index (χ2n) is 4.79. The maximum absolute atomic E-state index is 11.8. The number of nitrogens with zero attached hydrogens (tertiary/aromatic N) is 4. The van der Waals surface area contributed by atoms with Crippen molar-refractivity contribution in [1.82, 2.24) is 29.7 Å². The fourth-order valence-corrected chi connectivity index (χ4v) is 1.96. The predicted molar refractivity (Wildman–Crippen MR) is 94.7 cm³/mol. The molecule has 0 aliphatic rings. The molecule has 0 aromatic carbocycles. The predicted octanol–water partition coefficient (Wildman–Crippen LogP) is -1.07. The molecule has 0 radical (unpaired) electrons. The Bertz CT molecular complexity index is 1050. The van der Waals surface area contributed by atoms with Crippen molar-refractivity contribution in [2.45, 2.75) is 13.8 Å². The number of carbonyl (C=O) groups is 2. The number of amides is 2. The van der Waals surface area contributed by atoms with E-state index in [9.17, 15) is 19.2 Å². The summed E-state index contributed by atoms with van der Waals surface area (Å²) in [6.07, 6.45) is 1.69. The van der Waals surface area contributed by atoms with E-state index in [1.807, 2.05) is 0 Å². The molecule has 0 fully saturated rings. The minimum atomic E-state index is -0.809. The zero-order valence-electron chi connectivity index (χ0n) is 13.4. The van der Waals surface area contributed by atoms with Gasteiger partial charge in [0.05, 0.1) is 0 Å². The molecular formula is C12H12N8O4S2. The lowest BCUT2D eigenvalue weighted by atomic mass is 10.4. The first-order valence-electron chi connectivity index (χ1n) is 6.87. The van der Waals surface area contributed by atoms with Crippen molar-refractivity contribution in [3.8, 4) is 0 Å². The number of rotatable bonds is 4. The minimum Gasteiger partial charge on any atom is -0.268 e. The Balaban J connectivity index is 2.13. The SMILES string of the molecule is Cc1n[nH]c(=S)n(NC(=O)/C=C/C(=O)Nn2c(=S)[nH]nc(C)c2=O)c1=O. The highest BCUT2D eigenvalue weighted by atomic mass is 32.1. The molecule has 136 valence electrons. The average molecular weight is 396 g/mol. The smallest absolute Gasteiger partial charge is 0.268 e. The van der Waals surface area contributed by atoms with Crippen LogP contribution in [0, 0.1) is 23.4 Å². The Morgan fingerprint density at radius 1 is 0.885 bits per heavy atom. The summed E-state index contributed by atoms with van der Waals surface area (Å²) in [6.45, 7) is 2.86. The zero-order chi connectivity index (χ0) is 19.4. The molecule has 4 N–H and O–H groups in total. The molecule has 14 heteroatoms. The van der Waals surface area contributed by atoms with Crippen LogP contribution in [0.2, 0.25) is 0 Å². The third-order valence-corrected chi connectivity index (χ3v) is 3.45. The van der Waals surface area contributed by atoms with Crippen molar-refractivity contribution in [2.24, 2.45) is 0 Å². The van der Waals surface area contributed by atoms with Gasteiger partial charge in [0.25, 0.3) is 22.9 Å². The fourth-order valence-electron chi connectivity index (χ4n) is 1.62. The Morgan fingerprint density at radius 3 is 1.58 bits per heavy atom. The van der Waals surface area contributed by atoms with E-state index in [1.165, 1.54) is 13.8 Å². The van der Waals surface area contributed by atoms with Gasteiger partial charge in [-0.25, -0.2) is 0 Å². The molecule has 0 atom stereocenters. The average Bonchev–Trinajstić information content (AvgIpc) is 2.60. The van der Waals surface area contributed by atoms with Gasteiger partial charge in [0, 0.05) is 12.2 Å². The number of hydrogen-bond donors (Lipinski definition) is 4. The molecule has 2 amide bonds. The van der Waals surface area contributed by atoms with Gasteiger partial charge in [-0.3, -0.25) is 40.2 Å². The number of hydrogen-bond acceptors (Lipinski definition) is 8. The molecule has 2 heterocycles. The molecule has 0 aliphatic heterocycles. The second kappa shape index (κ2) is 7.75. The van der Waals surface area contributed by atoms with Crippen LogP contribution in [0.15, 0.2) is 21.7 Å². The van der Waals surface area contributed by atoms with Gasteiger partial charge in [0.1, 0.15) is 11.4 Å². The first kappa shape index (κ1) is 19.1. The minimum absolute atomic E-state index is 0.0854. The van der Waals surface area contributed by atoms with E-state index in [1.54, 1.807) is 0 Å². The van der Waals surface area contributed by atoms with Crippen LogP contribution in [0.1, 0.15) is 11.4 Å². The van der Waals surface area contributed by atoms with E-state index in [2.05, 4.69) is 31.2 Å². The Labute approximate surface area is 154 Å².